The Morgan fingerprint density at radius 3 is 2.92 bits per heavy atom. The van der Waals surface area contributed by atoms with Crippen molar-refractivity contribution in [2.24, 2.45) is 0 Å². The van der Waals surface area contributed by atoms with Crippen LogP contribution < -0.4 is 0 Å². The highest BCUT2D eigenvalue weighted by Gasteiger charge is 2.21. The van der Waals surface area contributed by atoms with Gasteiger partial charge in [-0.2, -0.15) is 0 Å². The fourth-order valence-corrected chi connectivity index (χ4v) is 1.74. The highest BCUT2D eigenvalue weighted by molar-refractivity contribution is 9.10. The molecule has 1 rings (SSSR count). The van der Waals surface area contributed by atoms with E-state index in [-0.39, 0.29) is 6.10 Å². The van der Waals surface area contributed by atoms with E-state index >= 15 is 0 Å². The summed E-state index contributed by atoms with van der Waals surface area (Å²) < 4.78 is 5.41. The van der Waals surface area contributed by atoms with Crippen molar-refractivity contribution in [3.8, 4) is 0 Å². The van der Waals surface area contributed by atoms with Gasteiger partial charge in [0, 0.05) is 6.61 Å². The summed E-state index contributed by atoms with van der Waals surface area (Å²) in [6, 6.07) is 0. The van der Waals surface area contributed by atoms with Gasteiger partial charge in [-0.1, -0.05) is 15.9 Å². The average molecular weight is 237 g/mol. The van der Waals surface area contributed by atoms with Crippen LogP contribution in [0.1, 0.15) is 25.7 Å². The van der Waals surface area contributed by atoms with Crippen molar-refractivity contribution in [1.82, 2.24) is 0 Å². The average Bonchev–Trinajstić information content (AvgIpc) is 2.06. The molecule has 2 atom stereocenters. The van der Waals surface area contributed by atoms with Gasteiger partial charge in [0.2, 0.25) is 0 Å². The first-order chi connectivity index (χ1) is 5.70. The summed E-state index contributed by atoms with van der Waals surface area (Å²) in [4.78, 5) is 10.0. The molecule has 0 aromatic rings. The second-order valence-electron chi connectivity index (χ2n) is 3.03. The highest BCUT2D eigenvalue weighted by atomic mass is 79.9. The van der Waals surface area contributed by atoms with Gasteiger partial charge in [0.1, 0.15) is 4.83 Å². The third-order valence-electron chi connectivity index (χ3n) is 2.01. The van der Waals surface area contributed by atoms with Crippen molar-refractivity contribution in [3.05, 3.63) is 0 Å². The molecule has 1 heterocycles. The van der Waals surface area contributed by atoms with Crippen LogP contribution in [0.5, 0.6) is 0 Å². The molecule has 0 saturated carbocycles. The third kappa shape index (κ3) is 3.11. The lowest BCUT2D eigenvalue weighted by Gasteiger charge is -2.23. The zero-order valence-corrected chi connectivity index (χ0v) is 8.42. The maximum Gasteiger partial charge on any atom is 0.317 e. The van der Waals surface area contributed by atoms with Gasteiger partial charge < -0.3 is 9.84 Å². The lowest BCUT2D eigenvalue weighted by atomic mass is 10.0. The van der Waals surface area contributed by atoms with Crippen LogP contribution in [0.4, 0.5) is 0 Å². The normalized spacial score (nSPS) is 26.6. The smallest absolute Gasteiger partial charge is 0.317 e. The molecule has 0 aromatic heterocycles. The van der Waals surface area contributed by atoms with Crippen molar-refractivity contribution in [2.45, 2.75) is 36.6 Å². The molecule has 1 saturated heterocycles. The van der Waals surface area contributed by atoms with E-state index in [0.717, 1.165) is 25.9 Å². The summed E-state index contributed by atoms with van der Waals surface area (Å²) in [6.45, 7) is 0.782. The molecule has 1 fully saturated rings. The lowest BCUT2D eigenvalue weighted by molar-refractivity contribution is -0.137. The van der Waals surface area contributed by atoms with Gasteiger partial charge >= 0.3 is 5.97 Å². The standard InChI is InChI=1S/C8H13BrO3/c9-7(8(10)11)5-6-3-1-2-4-12-6/h6-7H,1-5H2,(H,10,11)/t6?,7-/m1/s1. The number of aliphatic carboxylic acids is 1. The van der Waals surface area contributed by atoms with E-state index in [1.54, 1.807) is 0 Å². The summed E-state index contributed by atoms with van der Waals surface area (Å²) in [5, 5.41) is 8.61. The summed E-state index contributed by atoms with van der Waals surface area (Å²) in [6.07, 6.45) is 3.98. The van der Waals surface area contributed by atoms with Gasteiger partial charge in [0.05, 0.1) is 6.10 Å². The number of carboxylic acid groups (broad SMARTS) is 1. The van der Waals surface area contributed by atoms with Gasteiger partial charge in [-0.25, -0.2) is 0 Å². The van der Waals surface area contributed by atoms with E-state index in [4.69, 9.17) is 9.84 Å². The Morgan fingerprint density at radius 1 is 1.67 bits per heavy atom. The molecule has 70 valence electrons. The molecular formula is C8H13BrO3. The second kappa shape index (κ2) is 4.82. The predicted molar refractivity (Wildman–Crippen MR) is 48.6 cm³/mol. The molecule has 0 bridgehead atoms. The number of hydrogen-bond acceptors (Lipinski definition) is 2. The van der Waals surface area contributed by atoms with E-state index in [1.807, 2.05) is 0 Å². The number of carboxylic acids is 1. The first-order valence-corrected chi connectivity index (χ1v) is 5.10. The molecule has 0 spiro atoms. The molecule has 0 amide bonds. The zero-order chi connectivity index (χ0) is 8.97. The topological polar surface area (TPSA) is 46.5 Å². The first kappa shape index (κ1) is 9.99. The SMILES string of the molecule is O=C(O)[C@H](Br)CC1CCCCO1. The van der Waals surface area contributed by atoms with Crippen LogP contribution in [0, 0.1) is 0 Å². The molecule has 0 aliphatic carbocycles. The molecule has 1 aliphatic heterocycles. The fraction of sp³-hybridized carbons (Fsp3) is 0.875. The Morgan fingerprint density at radius 2 is 2.42 bits per heavy atom. The van der Waals surface area contributed by atoms with Crippen molar-refractivity contribution >= 4 is 21.9 Å². The molecular weight excluding hydrogens is 224 g/mol. The van der Waals surface area contributed by atoms with Crippen LogP contribution >= 0.6 is 15.9 Å². The van der Waals surface area contributed by atoms with Gasteiger partial charge in [-0.05, 0) is 25.7 Å². The largest absolute Gasteiger partial charge is 0.480 e. The highest BCUT2D eigenvalue weighted by Crippen LogP contribution is 2.20. The summed E-state index contributed by atoms with van der Waals surface area (Å²) in [7, 11) is 0. The van der Waals surface area contributed by atoms with Gasteiger partial charge in [-0.15, -0.1) is 0 Å². The second-order valence-corrected chi connectivity index (χ2v) is 4.14. The van der Waals surface area contributed by atoms with E-state index in [2.05, 4.69) is 15.9 Å². The molecule has 1 N–H and O–H groups in total. The molecule has 12 heavy (non-hydrogen) atoms. The Hall–Kier alpha value is -0.0900. The van der Waals surface area contributed by atoms with Gasteiger partial charge in [0.25, 0.3) is 0 Å². The maximum atomic E-state index is 10.5. The number of ether oxygens (including phenoxy) is 1. The van der Waals surface area contributed by atoms with Crippen molar-refractivity contribution in [2.75, 3.05) is 6.61 Å². The number of hydrogen-bond donors (Lipinski definition) is 1. The van der Waals surface area contributed by atoms with E-state index in [0.29, 0.717) is 6.42 Å². The van der Waals surface area contributed by atoms with Crippen molar-refractivity contribution in [3.63, 3.8) is 0 Å². The minimum atomic E-state index is -0.802. The summed E-state index contributed by atoms with van der Waals surface area (Å²) in [5.41, 5.74) is 0. The number of rotatable bonds is 3. The van der Waals surface area contributed by atoms with E-state index < -0.39 is 10.8 Å². The van der Waals surface area contributed by atoms with Gasteiger partial charge in [0.15, 0.2) is 0 Å². The van der Waals surface area contributed by atoms with Crippen molar-refractivity contribution < 1.29 is 14.6 Å². The third-order valence-corrected chi connectivity index (χ3v) is 2.78. The van der Waals surface area contributed by atoms with Crippen LogP contribution in [-0.4, -0.2) is 28.6 Å². The van der Waals surface area contributed by atoms with Crippen LogP contribution in [0.25, 0.3) is 0 Å². The summed E-state index contributed by atoms with van der Waals surface area (Å²) in [5.74, 6) is -0.802. The number of carbonyl (C=O) groups is 1. The quantitative estimate of drug-likeness (QED) is 0.761. The minimum absolute atomic E-state index is 0.138. The lowest BCUT2D eigenvalue weighted by Crippen LogP contribution is -2.25. The molecule has 1 aliphatic rings. The Kier molecular flexibility index (Phi) is 4.01. The molecule has 1 unspecified atom stereocenters. The van der Waals surface area contributed by atoms with Crippen LogP contribution in [0.3, 0.4) is 0 Å². The van der Waals surface area contributed by atoms with E-state index in [9.17, 15) is 4.79 Å². The first-order valence-electron chi connectivity index (χ1n) is 4.18. The molecule has 0 aromatic carbocycles. The molecule has 0 radical (unpaired) electrons. The van der Waals surface area contributed by atoms with Crippen LogP contribution in [0.15, 0.2) is 0 Å². The molecule has 3 nitrogen and oxygen atoms in total. The summed E-state index contributed by atoms with van der Waals surface area (Å²) >= 11 is 3.10. The zero-order valence-electron chi connectivity index (χ0n) is 6.83. The van der Waals surface area contributed by atoms with E-state index in [1.165, 1.54) is 0 Å². The van der Waals surface area contributed by atoms with Crippen molar-refractivity contribution in [1.29, 1.82) is 0 Å². The predicted octanol–water partition coefficient (Wildman–Crippen LogP) is 1.79. The Bertz CT molecular complexity index is 154. The minimum Gasteiger partial charge on any atom is -0.480 e. The molecule has 4 heteroatoms. The number of halogens is 1. The maximum absolute atomic E-state index is 10.5. The van der Waals surface area contributed by atoms with Gasteiger partial charge in [-0.3, -0.25) is 4.79 Å². The monoisotopic (exact) mass is 236 g/mol. The Balaban J connectivity index is 2.24. The van der Waals surface area contributed by atoms with Crippen LogP contribution in [-0.2, 0) is 9.53 Å². The number of alkyl halides is 1. The Labute approximate surface area is 80.2 Å². The fourth-order valence-electron chi connectivity index (χ4n) is 1.32. The van der Waals surface area contributed by atoms with Crippen LogP contribution in [0.2, 0.25) is 0 Å².